The van der Waals surface area contributed by atoms with Gasteiger partial charge in [0.25, 0.3) is 0 Å². The topological polar surface area (TPSA) is 45.4 Å². The molecule has 0 saturated heterocycles. The lowest BCUT2D eigenvalue weighted by atomic mass is 9.70. The van der Waals surface area contributed by atoms with Gasteiger partial charge in [-0.25, -0.2) is 0 Å². The quantitative estimate of drug-likeness (QED) is 0.865. The van der Waals surface area contributed by atoms with Crippen LogP contribution in [0.25, 0.3) is 0 Å². The second-order valence-electron chi connectivity index (χ2n) is 6.72. The van der Waals surface area contributed by atoms with Gasteiger partial charge < -0.3 is 14.8 Å². The summed E-state index contributed by atoms with van der Waals surface area (Å²) in [5, 5.41) is 14.1. The lowest BCUT2D eigenvalue weighted by Crippen LogP contribution is -2.46. The van der Waals surface area contributed by atoms with Crippen LogP contribution in [-0.4, -0.2) is 17.3 Å². The van der Waals surface area contributed by atoms with Crippen molar-refractivity contribution in [2.75, 3.05) is 0 Å². The van der Waals surface area contributed by atoms with E-state index in [0.29, 0.717) is 12.5 Å². The summed E-state index contributed by atoms with van der Waals surface area (Å²) in [7, 11) is 0. The second-order valence-corrected chi connectivity index (χ2v) is 6.72. The van der Waals surface area contributed by atoms with E-state index >= 15 is 0 Å². The molecule has 0 spiro atoms. The van der Waals surface area contributed by atoms with E-state index in [1.54, 1.807) is 6.26 Å². The van der Waals surface area contributed by atoms with Gasteiger partial charge in [-0.15, -0.1) is 0 Å². The number of fused-ring (bicyclic) bond motifs is 2. The first-order chi connectivity index (χ1) is 8.47. The van der Waals surface area contributed by atoms with Crippen molar-refractivity contribution < 1.29 is 9.52 Å². The van der Waals surface area contributed by atoms with E-state index in [1.807, 2.05) is 12.1 Å². The van der Waals surface area contributed by atoms with E-state index in [1.165, 1.54) is 6.42 Å². The Morgan fingerprint density at radius 3 is 2.78 bits per heavy atom. The van der Waals surface area contributed by atoms with Crippen LogP contribution in [0.5, 0.6) is 0 Å². The molecule has 2 bridgehead atoms. The van der Waals surface area contributed by atoms with Gasteiger partial charge in [0.05, 0.1) is 18.9 Å². The molecule has 3 rings (SSSR count). The predicted octanol–water partition coefficient (Wildman–Crippen LogP) is 2.55. The number of aliphatic hydroxyl groups is 1. The van der Waals surface area contributed by atoms with Crippen LogP contribution in [0.1, 0.15) is 39.4 Å². The molecule has 100 valence electrons. The summed E-state index contributed by atoms with van der Waals surface area (Å²) in [5.41, 5.74) is 0.270. The normalized spacial score (nSPS) is 41.4. The molecule has 1 aromatic rings. The maximum Gasteiger partial charge on any atom is 0.117 e. The Bertz CT molecular complexity index is 426. The fourth-order valence-electron chi connectivity index (χ4n) is 4.22. The van der Waals surface area contributed by atoms with Crippen LogP contribution in [0, 0.1) is 16.7 Å². The minimum Gasteiger partial charge on any atom is -0.468 e. The van der Waals surface area contributed by atoms with Gasteiger partial charge in [-0.05, 0) is 36.3 Å². The van der Waals surface area contributed by atoms with Gasteiger partial charge in [-0.3, -0.25) is 0 Å². The molecule has 0 amide bonds. The first-order valence-corrected chi connectivity index (χ1v) is 6.90. The Kier molecular flexibility index (Phi) is 2.62. The van der Waals surface area contributed by atoms with Crippen LogP contribution in [0.4, 0.5) is 0 Å². The number of nitrogens with one attached hydrogen (secondary N) is 1. The zero-order valence-corrected chi connectivity index (χ0v) is 11.4. The van der Waals surface area contributed by atoms with Crippen molar-refractivity contribution in [3.05, 3.63) is 24.2 Å². The Labute approximate surface area is 109 Å². The Hall–Kier alpha value is -0.800. The van der Waals surface area contributed by atoms with Gasteiger partial charge in [0.1, 0.15) is 5.76 Å². The average Bonchev–Trinajstić information content (AvgIpc) is 2.93. The summed E-state index contributed by atoms with van der Waals surface area (Å²) in [5.74, 6) is 1.50. The number of rotatable bonds is 3. The molecule has 2 aliphatic rings. The SMILES string of the molecule is CC1(C)C2CCC1(C)C(O)C2NCc1ccco1. The van der Waals surface area contributed by atoms with Gasteiger partial charge in [0.15, 0.2) is 0 Å². The highest BCUT2D eigenvalue weighted by molar-refractivity contribution is 5.17. The molecule has 2 N–H and O–H groups in total. The molecule has 0 radical (unpaired) electrons. The van der Waals surface area contributed by atoms with Crippen molar-refractivity contribution in [2.45, 2.75) is 52.3 Å². The van der Waals surface area contributed by atoms with E-state index in [9.17, 15) is 5.11 Å². The number of aliphatic hydroxyl groups excluding tert-OH is 1. The third-order valence-corrected chi connectivity index (χ3v) is 5.89. The molecule has 2 fully saturated rings. The number of hydrogen-bond acceptors (Lipinski definition) is 3. The summed E-state index contributed by atoms with van der Waals surface area (Å²) in [6.45, 7) is 7.56. The number of hydrogen-bond donors (Lipinski definition) is 2. The van der Waals surface area contributed by atoms with E-state index in [0.717, 1.165) is 12.2 Å². The molecule has 4 atom stereocenters. The van der Waals surface area contributed by atoms with Crippen molar-refractivity contribution in [2.24, 2.45) is 16.7 Å². The van der Waals surface area contributed by atoms with Gasteiger partial charge in [-0.2, -0.15) is 0 Å². The van der Waals surface area contributed by atoms with Gasteiger partial charge in [0, 0.05) is 11.5 Å². The summed E-state index contributed by atoms with van der Waals surface area (Å²) in [4.78, 5) is 0. The smallest absolute Gasteiger partial charge is 0.117 e. The molecular formula is C15H23NO2. The summed E-state index contributed by atoms with van der Waals surface area (Å²) < 4.78 is 5.34. The van der Waals surface area contributed by atoms with Crippen LogP contribution in [0.3, 0.4) is 0 Å². The third-order valence-electron chi connectivity index (χ3n) is 5.89. The Balaban J connectivity index is 1.75. The van der Waals surface area contributed by atoms with Crippen LogP contribution < -0.4 is 5.32 Å². The van der Waals surface area contributed by atoms with Crippen molar-refractivity contribution in [3.63, 3.8) is 0 Å². The third kappa shape index (κ3) is 1.44. The van der Waals surface area contributed by atoms with Crippen LogP contribution in [0.2, 0.25) is 0 Å². The first-order valence-electron chi connectivity index (χ1n) is 6.90. The maximum atomic E-state index is 10.6. The van der Waals surface area contributed by atoms with Gasteiger partial charge in [0.2, 0.25) is 0 Å². The summed E-state index contributed by atoms with van der Waals surface area (Å²) >= 11 is 0. The molecule has 0 aliphatic heterocycles. The van der Waals surface area contributed by atoms with Crippen molar-refractivity contribution in [1.82, 2.24) is 5.32 Å². The summed E-state index contributed by atoms with van der Waals surface area (Å²) in [6, 6.07) is 4.07. The van der Waals surface area contributed by atoms with Crippen molar-refractivity contribution in [1.29, 1.82) is 0 Å². The molecule has 1 heterocycles. The largest absolute Gasteiger partial charge is 0.468 e. The highest BCUT2D eigenvalue weighted by Gasteiger charge is 2.65. The Morgan fingerprint density at radius 1 is 1.44 bits per heavy atom. The molecule has 4 unspecified atom stereocenters. The van der Waals surface area contributed by atoms with Gasteiger partial charge >= 0.3 is 0 Å². The standard InChI is InChI=1S/C15H23NO2/c1-14(2)11-6-7-15(14,3)13(17)12(11)16-9-10-5-4-8-18-10/h4-5,8,11-13,16-17H,6-7,9H2,1-3H3. The fourth-order valence-corrected chi connectivity index (χ4v) is 4.22. The highest BCUT2D eigenvalue weighted by Crippen LogP contribution is 2.65. The van der Waals surface area contributed by atoms with Gasteiger partial charge in [-0.1, -0.05) is 20.8 Å². The molecule has 3 heteroatoms. The molecule has 18 heavy (non-hydrogen) atoms. The van der Waals surface area contributed by atoms with Crippen molar-refractivity contribution in [3.8, 4) is 0 Å². The van der Waals surface area contributed by atoms with Crippen molar-refractivity contribution >= 4 is 0 Å². The van der Waals surface area contributed by atoms with Crippen LogP contribution in [-0.2, 0) is 6.54 Å². The molecule has 1 aromatic heterocycles. The van der Waals surface area contributed by atoms with E-state index < -0.39 is 0 Å². The van der Waals surface area contributed by atoms with E-state index in [2.05, 4.69) is 26.1 Å². The zero-order valence-electron chi connectivity index (χ0n) is 11.4. The minimum atomic E-state index is -0.249. The monoisotopic (exact) mass is 249 g/mol. The zero-order chi connectivity index (χ0) is 13.0. The average molecular weight is 249 g/mol. The Morgan fingerprint density at radius 2 is 2.22 bits per heavy atom. The summed E-state index contributed by atoms with van der Waals surface area (Å²) in [6.07, 6.45) is 3.81. The minimum absolute atomic E-state index is 0.0541. The van der Waals surface area contributed by atoms with Crippen LogP contribution in [0.15, 0.2) is 22.8 Å². The van der Waals surface area contributed by atoms with E-state index in [-0.39, 0.29) is 23.0 Å². The molecule has 0 aromatic carbocycles. The first kappa shape index (κ1) is 12.2. The molecular weight excluding hydrogens is 226 g/mol. The molecule has 2 aliphatic carbocycles. The fraction of sp³-hybridized carbons (Fsp3) is 0.733. The number of furan rings is 1. The second kappa shape index (κ2) is 3.84. The lowest BCUT2D eigenvalue weighted by Gasteiger charge is -2.37. The lowest BCUT2D eigenvalue weighted by molar-refractivity contribution is -0.000410. The van der Waals surface area contributed by atoms with E-state index in [4.69, 9.17) is 4.42 Å². The highest BCUT2D eigenvalue weighted by atomic mass is 16.3. The maximum absolute atomic E-state index is 10.6. The molecule has 3 nitrogen and oxygen atoms in total. The van der Waals surface area contributed by atoms with Crippen LogP contribution >= 0.6 is 0 Å². The molecule has 2 saturated carbocycles. The predicted molar refractivity (Wildman–Crippen MR) is 70.0 cm³/mol.